The first-order valence-corrected chi connectivity index (χ1v) is 16.4. The number of nitrogens with zero attached hydrogens (tertiary/aromatic N) is 3. The quantitative estimate of drug-likeness (QED) is 0.243. The monoisotopic (exact) mass is 696 g/mol. The van der Waals surface area contributed by atoms with E-state index >= 15 is 0 Å². The molecule has 1 heterocycles. The smallest absolute Gasteiger partial charge is 0.261 e. The molecule has 0 aliphatic heterocycles. The number of para-hydroxylation sites is 1. The number of nitrogens with one attached hydrogen (secondary N) is 1. The molecule has 3 aromatic carbocycles. The van der Waals surface area contributed by atoms with Crippen molar-refractivity contribution in [1.82, 2.24) is 18.6 Å². The largest absolute Gasteiger partial charge is 0.298 e. The molecule has 0 radical (unpaired) electrons. The van der Waals surface area contributed by atoms with E-state index in [9.17, 15) is 21.6 Å². The van der Waals surface area contributed by atoms with Crippen LogP contribution in [0.1, 0.15) is 25.2 Å². The van der Waals surface area contributed by atoms with Gasteiger partial charge in [0, 0.05) is 29.1 Å². The van der Waals surface area contributed by atoms with Gasteiger partial charge in [-0.25, -0.2) is 26.5 Å². The van der Waals surface area contributed by atoms with Crippen molar-refractivity contribution in [3.8, 4) is 0 Å². The Morgan fingerprint density at radius 2 is 1.46 bits per heavy atom. The van der Waals surface area contributed by atoms with Crippen LogP contribution in [0.25, 0.3) is 10.9 Å². The van der Waals surface area contributed by atoms with Gasteiger partial charge < -0.3 is 0 Å². The van der Waals surface area contributed by atoms with Crippen molar-refractivity contribution in [3.05, 3.63) is 97.9 Å². The molecule has 39 heavy (non-hydrogen) atoms. The summed E-state index contributed by atoms with van der Waals surface area (Å²) in [6, 6.07) is 18.5. The van der Waals surface area contributed by atoms with Gasteiger partial charge in [0.2, 0.25) is 20.0 Å². The highest BCUT2D eigenvalue weighted by atomic mass is 79.9. The molecule has 0 spiro atoms. The van der Waals surface area contributed by atoms with Gasteiger partial charge >= 0.3 is 0 Å². The first-order chi connectivity index (χ1) is 18.4. The Bertz CT molecular complexity index is 1760. The van der Waals surface area contributed by atoms with E-state index in [4.69, 9.17) is 0 Å². The molecule has 0 saturated heterocycles. The lowest BCUT2D eigenvalue weighted by atomic mass is 10.2. The van der Waals surface area contributed by atoms with Crippen LogP contribution in [-0.2, 0) is 27.1 Å². The van der Waals surface area contributed by atoms with Gasteiger partial charge in [-0.15, -0.1) is 0 Å². The summed E-state index contributed by atoms with van der Waals surface area (Å²) in [5, 5.41) is 0.431. The SMILES string of the molecule is CC(c1nc2ccccc2c(=O)n1C)N(CCCNS(=O)(=O)c1ccc(Br)cc1)S(=O)(=O)c1ccc(Br)cc1. The van der Waals surface area contributed by atoms with Gasteiger partial charge in [-0.3, -0.25) is 9.36 Å². The number of aromatic nitrogens is 2. The fraction of sp³-hybridized carbons (Fsp3) is 0.231. The zero-order valence-corrected chi connectivity index (χ0v) is 25.9. The van der Waals surface area contributed by atoms with Gasteiger partial charge in [-0.1, -0.05) is 44.0 Å². The maximum Gasteiger partial charge on any atom is 0.261 e. The number of fused-ring (bicyclic) bond motifs is 1. The lowest BCUT2D eigenvalue weighted by molar-refractivity contribution is 0.320. The molecule has 4 rings (SSSR count). The number of halogens is 2. The van der Waals surface area contributed by atoms with Crippen LogP contribution in [0, 0.1) is 0 Å². The minimum Gasteiger partial charge on any atom is -0.298 e. The zero-order valence-electron chi connectivity index (χ0n) is 21.1. The number of benzene rings is 3. The molecule has 9 nitrogen and oxygen atoms in total. The molecular weight excluding hydrogens is 672 g/mol. The molecule has 0 fully saturated rings. The topological polar surface area (TPSA) is 118 Å². The third kappa shape index (κ3) is 6.50. The molecule has 0 amide bonds. The molecule has 4 aromatic rings. The molecule has 13 heteroatoms. The van der Waals surface area contributed by atoms with Crippen molar-refractivity contribution in [2.75, 3.05) is 13.1 Å². The molecule has 0 saturated carbocycles. The average molecular weight is 698 g/mol. The number of hydrogen-bond acceptors (Lipinski definition) is 6. The fourth-order valence-electron chi connectivity index (χ4n) is 4.14. The van der Waals surface area contributed by atoms with Crippen LogP contribution in [-0.4, -0.2) is 43.8 Å². The Morgan fingerprint density at radius 1 is 0.897 bits per heavy atom. The summed E-state index contributed by atoms with van der Waals surface area (Å²) in [4.78, 5) is 17.8. The second-order valence-corrected chi connectivity index (χ2v) is 14.3. The van der Waals surface area contributed by atoms with Crippen molar-refractivity contribution < 1.29 is 16.8 Å². The molecule has 0 bridgehead atoms. The predicted octanol–water partition coefficient (Wildman–Crippen LogP) is 4.58. The minimum atomic E-state index is -4.05. The van der Waals surface area contributed by atoms with Crippen LogP contribution in [0.4, 0.5) is 0 Å². The van der Waals surface area contributed by atoms with Gasteiger partial charge in [0.25, 0.3) is 5.56 Å². The minimum absolute atomic E-state index is 0.00154. The third-order valence-corrected chi connectivity index (χ3v) is 10.7. The van der Waals surface area contributed by atoms with Crippen LogP contribution in [0.5, 0.6) is 0 Å². The molecular formula is C26H26Br2N4O5S2. The number of hydrogen-bond donors (Lipinski definition) is 1. The van der Waals surface area contributed by atoms with Crippen molar-refractivity contribution in [3.63, 3.8) is 0 Å². The summed E-state index contributed by atoms with van der Waals surface area (Å²) < 4.78 is 59.6. The first-order valence-electron chi connectivity index (χ1n) is 11.9. The molecule has 0 aliphatic carbocycles. The molecule has 0 aliphatic rings. The van der Waals surface area contributed by atoms with Gasteiger partial charge in [-0.05, 0) is 74.0 Å². The van der Waals surface area contributed by atoms with Crippen molar-refractivity contribution in [1.29, 1.82) is 0 Å². The van der Waals surface area contributed by atoms with Gasteiger partial charge in [-0.2, -0.15) is 4.31 Å². The lowest BCUT2D eigenvalue weighted by Crippen LogP contribution is -2.39. The van der Waals surface area contributed by atoms with Crippen LogP contribution >= 0.6 is 31.9 Å². The Labute approximate surface area is 244 Å². The van der Waals surface area contributed by atoms with Gasteiger partial charge in [0.1, 0.15) is 5.82 Å². The number of rotatable bonds is 10. The van der Waals surface area contributed by atoms with E-state index in [-0.39, 0.29) is 40.7 Å². The Morgan fingerprint density at radius 3 is 2.08 bits per heavy atom. The number of sulfonamides is 2. The van der Waals surface area contributed by atoms with Crippen molar-refractivity contribution in [2.45, 2.75) is 29.2 Å². The van der Waals surface area contributed by atoms with E-state index in [1.807, 2.05) is 0 Å². The maximum absolute atomic E-state index is 13.8. The Hall–Kier alpha value is -2.42. The molecule has 1 aromatic heterocycles. The van der Waals surface area contributed by atoms with Crippen LogP contribution in [0.15, 0.2) is 96.3 Å². The van der Waals surface area contributed by atoms with Crippen molar-refractivity contribution >= 4 is 62.8 Å². The zero-order chi connectivity index (χ0) is 28.4. The first kappa shape index (κ1) is 29.6. The van der Waals surface area contributed by atoms with E-state index in [1.165, 1.54) is 33.1 Å². The van der Waals surface area contributed by atoms with Gasteiger partial charge in [0.15, 0.2) is 0 Å². The summed E-state index contributed by atoms with van der Waals surface area (Å²) in [5.74, 6) is 0.273. The van der Waals surface area contributed by atoms with E-state index < -0.39 is 26.1 Å². The van der Waals surface area contributed by atoms with Crippen LogP contribution < -0.4 is 10.3 Å². The molecule has 1 N–H and O–H groups in total. The highest BCUT2D eigenvalue weighted by molar-refractivity contribution is 9.10. The highest BCUT2D eigenvalue weighted by Crippen LogP contribution is 2.28. The van der Waals surface area contributed by atoms with Crippen LogP contribution in [0.2, 0.25) is 0 Å². The lowest BCUT2D eigenvalue weighted by Gasteiger charge is -2.29. The third-order valence-electron chi connectivity index (χ3n) is 6.21. The fourth-order valence-corrected chi connectivity index (χ4v) is 7.37. The second-order valence-electron chi connectivity index (χ2n) is 8.80. The van der Waals surface area contributed by atoms with E-state index in [0.717, 1.165) is 8.95 Å². The van der Waals surface area contributed by atoms with Crippen LogP contribution in [0.3, 0.4) is 0 Å². The second kappa shape index (κ2) is 12.0. The van der Waals surface area contributed by atoms with Crippen molar-refractivity contribution in [2.24, 2.45) is 7.05 Å². The Balaban J connectivity index is 1.64. The summed E-state index contributed by atoms with van der Waals surface area (Å²) in [6.45, 7) is 1.64. The standard InChI is InChI=1S/C26H26Br2N4O5S2/c1-18(25-30-24-7-4-3-6-23(24)26(33)31(25)2)32(39(36,37)22-14-10-20(28)11-15-22)17-5-16-29-38(34,35)21-12-8-19(27)9-13-21/h3-4,6-15,18,29H,5,16-17H2,1-2H3. The molecule has 1 unspecified atom stereocenters. The summed E-state index contributed by atoms with van der Waals surface area (Å²) in [7, 11) is -6.26. The summed E-state index contributed by atoms with van der Waals surface area (Å²) in [6.07, 6.45) is 0.178. The summed E-state index contributed by atoms with van der Waals surface area (Å²) >= 11 is 6.61. The molecule has 1 atom stereocenters. The van der Waals surface area contributed by atoms with E-state index in [2.05, 4.69) is 41.6 Å². The predicted molar refractivity (Wildman–Crippen MR) is 157 cm³/mol. The Kier molecular flexibility index (Phi) is 9.08. The van der Waals surface area contributed by atoms with E-state index in [1.54, 1.807) is 62.5 Å². The average Bonchev–Trinajstić information content (AvgIpc) is 2.90. The molecule has 206 valence electrons. The van der Waals surface area contributed by atoms with E-state index in [0.29, 0.717) is 10.9 Å². The maximum atomic E-state index is 13.8. The normalized spacial score (nSPS) is 13.2. The highest BCUT2D eigenvalue weighted by Gasteiger charge is 2.32. The van der Waals surface area contributed by atoms with Gasteiger partial charge in [0.05, 0.1) is 26.7 Å². The summed E-state index contributed by atoms with van der Waals surface area (Å²) in [5.41, 5.74) is 0.177.